The Kier molecular flexibility index (Phi) is 7.48. The van der Waals surface area contributed by atoms with E-state index in [4.69, 9.17) is 16.3 Å². The minimum absolute atomic E-state index is 0.00438. The van der Waals surface area contributed by atoms with E-state index in [9.17, 15) is 4.79 Å². The zero-order chi connectivity index (χ0) is 21.6. The maximum absolute atomic E-state index is 12.4. The molecule has 0 aliphatic carbocycles. The van der Waals surface area contributed by atoms with E-state index in [1.54, 1.807) is 0 Å². The van der Waals surface area contributed by atoms with Gasteiger partial charge in [0.1, 0.15) is 5.75 Å². The summed E-state index contributed by atoms with van der Waals surface area (Å²) in [5, 5.41) is 3.73. The van der Waals surface area contributed by atoms with E-state index in [2.05, 4.69) is 49.2 Å². The van der Waals surface area contributed by atoms with Crippen LogP contribution in [-0.4, -0.2) is 50.3 Å². The molecular formula is C24H32ClN3O2. The minimum atomic E-state index is -0.00438. The van der Waals surface area contributed by atoms with Gasteiger partial charge >= 0.3 is 6.03 Å². The number of nitrogens with zero attached hydrogens (tertiary/aromatic N) is 2. The molecule has 0 aromatic heterocycles. The molecule has 1 aliphatic rings. The maximum atomic E-state index is 12.4. The van der Waals surface area contributed by atoms with Crippen LogP contribution in [0.1, 0.15) is 32.8 Å². The molecule has 0 bridgehead atoms. The number of nitrogens with one attached hydrogen (secondary N) is 1. The highest BCUT2D eigenvalue weighted by molar-refractivity contribution is 6.30. The van der Waals surface area contributed by atoms with Crippen LogP contribution < -0.4 is 15.0 Å². The second kappa shape index (κ2) is 10.1. The molecule has 1 saturated heterocycles. The predicted octanol–water partition coefficient (Wildman–Crippen LogP) is 4.94. The molecule has 30 heavy (non-hydrogen) atoms. The SMILES string of the molecule is CC(C)(C)c1ccc(OCCCNC(=O)N2CCN(c3cccc(Cl)c3)CC2)cc1. The summed E-state index contributed by atoms with van der Waals surface area (Å²) in [6, 6.07) is 16.1. The van der Waals surface area contributed by atoms with Crippen molar-refractivity contribution in [3.63, 3.8) is 0 Å². The molecule has 0 radical (unpaired) electrons. The first-order valence-electron chi connectivity index (χ1n) is 10.6. The van der Waals surface area contributed by atoms with Gasteiger partial charge in [-0.05, 0) is 47.7 Å². The number of hydrogen-bond acceptors (Lipinski definition) is 3. The van der Waals surface area contributed by atoms with Crippen LogP contribution >= 0.6 is 11.6 Å². The lowest BCUT2D eigenvalue weighted by Gasteiger charge is -2.36. The first kappa shape index (κ1) is 22.3. The van der Waals surface area contributed by atoms with Crippen LogP contribution in [0.2, 0.25) is 5.02 Å². The van der Waals surface area contributed by atoms with Gasteiger partial charge in [-0.25, -0.2) is 4.79 Å². The van der Waals surface area contributed by atoms with E-state index < -0.39 is 0 Å². The molecule has 162 valence electrons. The summed E-state index contributed by atoms with van der Waals surface area (Å²) in [7, 11) is 0. The van der Waals surface area contributed by atoms with Gasteiger partial charge in [0, 0.05) is 43.4 Å². The number of ether oxygens (including phenoxy) is 1. The summed E-state index contributed by atoms with van der Waals surface area (Å²) in [4.78, 5) is 16.5. The monoisotopic (exact) mass is 429 g/mol. The van der Waals surface area contributed by atoms with E-state index in [1.165, 1.54) is 5.56 Å². The number of anilines is 1. The third-order valence-electron chi connectivity index (χ3n) is 5.33. The fourth-order valence-corrected chi connectivity index (χ4v) is 3.65. The first-order chi connectivity index (χ1) is 14.3. The van der Waals surface area contributed by atoms with Crippen LogP contribution in [0.5, 0.6) is 5.75 Å². The van der Waals surface area contributed by atoms with Gasteiger partial charge in [0.2, 0.25) is 0 Å². The molecule has 1 heterocycles. The van der Waals surface area contributed by atoms with E-state index in [0.717, 1.165) is 36.0 Å². The van der Waals surface area contributed by atoms with Gasteiger partial charge < -0.3 is 19.9 Å². The Bertz CT molecular complexity index is 825. The Morgan fingerprint density at radius 2 is 1.77 bits per heavy atom. The number of urea groups is 1. The predicted molar refractivity (Wildman–Crippen MR) is 124 cm³/mol. The van der Waals surface area contributed by atoms with E-state index in [1.807, 2.05) is 35.2 Å². The highest BCUT2D eigenvalue weighted by atomic mass is 35.5. The van der Waals surface area contributed by atoms with Gasteiger partial charge in [0.25, 0.3) is 0 Å². The smallest absolute Gasteiger partial charge is 0.317 e. The number of halogens is 1. The Morgan fingerprint density at radius 1 is 1.07 bits per heavy atom. The Hall–Kier alpha value is -2.40. The molecule has 0 atom stereocenters. The van der Waals surface area contributed by atoms with Crippen molar-refractivity contribution in [3.05, 3.63) is 59.1 Å². The average Bonchev–Trinajstić information content (AvgIpc) is 2.73. The van der Waals surface area contributed by atoms with Crippen LogP contribution in [0.15, 0.2) is 48.5 Å². The highest BCUT2D eigenvalue weighted by Gasteiger charge is 2.21. The van der Waals surface area contributed by atoms with Crippen molar-refractivity contribution in [3.8, 4) is 5.75 Å². The Labute approximate surface area is 185 Å². The van der Waals surface area contributed by atoms with Crippen molar-refractivity contribution in [1.29, 1.82) is 0 Å². The number of rotatable bonds is 6. The Balaban J connectivity index is 1.33. The largest absolute Gasteiger partial charge is 0.494 e. The van der Waals surface area contributed by atoms with Crippen LogP contribution in [0.3, 0.4) is 0 Å². The number of piperazine rings is 1. The van der Waals surface area contributed by atoms with Crippen molar-refractivity contribution in [2.45, 2.75) is 32.6 Å². The van der Waals surface area contributed by atoms with Crippen molar-refractivity contribution >= 4 is 23.3 Å². The Morgan fingerprint density at radius 3 is 2.40 bits per heavy atom. The third kappa shape index (κ3) is 6.30. The van der Waals surface area contributed by atoms with E-state index >= 15 is 0 Å². The zero-order valence-corrected chi connectivity index (χ0v) is 18.9. The maximum Gasteiger partial charge on any atom is 0.317 e. The molecule has 2 amide bonds. The fourth-order valence-electron chi connectivity index (χ4n) is 3.46. The van der Waals surface area contributed by atoms with Gasteiger partial charge in [-0.1, -0.05) is 50.6 Å². The molecule has 0 spiro atoms. The molecular weight excluding hydrogens is 398 g/mol. The van der Waals surface area contributed by atoms with Crippen molar-refractivity contribution in [2.75, 3.05) is 44.2 Å². The molecule has 2 aromatic rings. The zero-order valence-electron chi connectivity index (χ0n) is 18.2. The van der Waals surface area contributed by atoms with Crippen LogP contribution in [0.25, 0.3) is 0 Å². The molecule has 1 N–H and O–H groups in total. The topological polar surface area (TPSA) is 44.8 Å². The lowest BCUT2D eigenvalue weighted by molar-refractivity contribution is 0.193. The second-order valence-corrected chi connectivity index (χ2v) is 9.10. The molecule has 1 aliphatic heterocycles. The van der Waals surface area contributed by atoms with Gasteiger partial charge in [-0.2, -0.15) is 0 Å². The summed E-state index contributed by atoms with van der Waals surface area (Å²) in [5.41, 5.74) is 2.54. The number of hydrogen-bond donors (Lipinski definition) is 1. The molecule has 0 unspecified atom stereocenters. The molecule has 0 saturated carbocycles. The minimum Gasteiger partial charge on any atom is -0.494 e. The molecule has 5 nitrogen and oxygen atoms in total. The summed E-state index contributed by atoms with van der Waals surface area (Å²) in [6.07, 6.45) is 0.773. The standard InChI is InChI=1S/C24H32ClN3O2/c1-24(2,3)19-8-10-22(11-9-19)30-17-5-12-26-23(29)28-15-13-27(14-16-28)21-7-4-6-20(25)18-21/h4,6-11,18H,5,12-17H2,1-3H3,(H,26,29). The van der Waals surface area contributed by atoms with Crippen molar-refractivity contribution in [2.24, 2.45) is 0 Å². The molecule has 3 rings (SSSR count). The lowest BCUT2D eigenvalue weighted by Crippen LogP contribution is -2.52. The van der Waals surface area contributed by atoms with Crippen LogP contribution in [0, 0.1) is 0 Å². The van der Waals surface area contributed by atoms with Crippen molar-refractivity contribution < 1.29 is 9.53 Å². The normalized spacial score (nSPS) is 14.5. The van der Waals surface area contributed by atoms with E-state index in [-0.39, 0.29) is 11.4 Å². The molecule has 1 fully saturated rings. The van der Waals surface area contributed by atoms with Crippen LogP contribution in [-0.2, 0) is 5.41 Å². The number of carbonyl (C=O) groups excluding carboxylic acids is 1. The first-order valence-corrected chi connectivity index (χ1v) is 11.0. The summed E-state index contributed by atoms with van der Waals surface area (Å²) in [5.74, 6) is 0.867. The quantitative estimate of drug-likeness (QED) is 0.661. The van der Waals surface area contributed by atoms with E-state index in [0.29, 0.717) is 26.2 Å². The second-order valence-electron chi connectivity index (χ2n) is 8.66. The van der Waals surface area contributed by atoms with Crippen molar-refractivity contribution in [1.82, 2.24) is 10.2 Å². The summed E-state index contributed by atoms with van der Waals surface area (Å²) < 4.78 is 5.79. The third-order valence-corrected chi connectivity index (χ3v) is 5.56. The highest BCUT2D eigenvalue weighted by Crippen LogP contribution is 2.24. The van der Waals surface area contributed by atoms with Crippen LogP contribution in [0.4, 0.5) is 10.5 Å². The van der Waals surface area contributed by atoms with Gasteiger partial charge in [0.15, 0.2) is 0 Å². The fraction of sp³-hybridized carbons (Fsp3) is 0.458. The average molecular weight is 430 g/mol. The molecule has 2 aromatic carbocycles. The van der Waals surface area contributed by atoms with Gasteiger partial charge in [-0.15, -0.1) is 0 Å². The van der Waals surface area contributed by atoms with Gasteiger partial charge in [0.05, 0.1) is 6.61 Å². The number of amides is 2. The molecule has 6 heteroatoms. The lowest BCUT2D eigenvalue weighted by atomic mass is 9.87. The van der Waals surface area contributed by atoms with Gasteiger partial charge in [-0.3, -0.25) is 0 Å². The summed E-state index contributed by atoms with van der Waals surface area (Å²) >= 11 is 6.08. The summed E-state index contributed by atoms with van der Waals surface area (Å²) in [6.45, 7) is 10.8. The number of carbonyl (C=O) groups is 1. The number of benzene rings is 2.